The third kappa shape index (κ3) is 3.24. The number of ether oxygens (including phenoxy) is 2. The highest BCUT2D eigenvalue weighted by molar-refractivity contribution is 5.46. The Hall–Kier alpha value is -2.41. The zero-order valence-corrected chi connectivity index (χ0v) is 14.4. The Bertz CT molecular complexity index is 706. The Morgan fingerprint density at radius 3 is 3.04 bits per heavy atom. The van der Waals surface area contributed by atoms with Crippen LogP contribution in [0.5, 0.6) is 5.88 Å². The maximum atomic E-state index is 6.14. The van der Waals surface area contributed by atoms with Gasteiger partial charge in [-0.25, -0.2) is 15.0 Å². The highest BCUT2D eigenvalue weighted by Crippen LogP contribution is 2.43. The standard InChI is InChI=1S/C18H23N5O2/c1-24-17-10-16(21-13-22-17)23-11-18(12-23)14(6-9-25-18)5-8-20-15-4-2-3-7-19-15/h2-4,7,10,13-14H,5-6,8-9,11-12H2,1H3,(H,19,20)/t14-/m1/s1. The fourth-order valence-electron chi connectivity index (χ4n) is 3.76. The van der Waals surface area contributed by atoms with Crippen LogP contribution in [0.1, 0.15) is 12.8 Å². The van der Waals surface area contributed by atoms with E-state index < -0.39 is 0 Å². The zero-order chi connectivity index (χ0) is 17.1. The van der Waals surface area contributed by atoms with E-state index in [1.165, 1.54) is 0 Å². The lowest BCUT2D eigenvalue weighted by Crippen LogP contribution is -2.65. The van der Waals surface area contributed by atoms with Gasteiger partial charge in [0, 0.05) is 25.4 Å². The van der Waals surface area contributed by atoms with Crippen LogP contribution in [0.15, 0.2) is 36.8 Å². The molecule has 0 aliphatic carbocycles. The Morgan fingerprint density at radius 2 is 2.24 bits per heavy atom. The van der Waals surface area contributed by atoms with Gasteiger partial charge in [0.1, 0.15) is 23.6 Å². The van der Waals surface area contributed by atoms with Crippen LogP contribution in [0.2, 0.25) is 0 Å². The van der Waals surface area contributed by atoms with Gasteiger partial charge in [-0.05, 0) is 30.9 Å². The molecule has 1 atom stereocenters. The average molecular weight is 341 g/mol. The molecule has 2 saturated heterocycles. The van der Waals surface area contributed by atoms with E-state index in [0.717, 1.165) is 50.7 Å². The van der Waals surface area contributed by atoms with Crippen molar-refractivity contribution in [3.8, 4) is 5.88 Å². The van der Waals surface area contributed by atoms with Crippen molar-refractivity contribution in [2.45, 2.75) is 18.4 Å². The van der Waals surface area contributed by atoms with E-state index >= 15 is 0 Å². The molecule has 0 saturated carbocycles. The third-order valence-corrected chi connectivity index (χ3v) is 5.14. The van der Waals surface area contributed by atoms with E-state index in [1.807, 2.05) is 30.5 Å². The highest BCUT2D eigenvalue weighted by atomic mass is 16.5. The van der Waals surface area contributed by atoms with Gasteiger partial charge in [0.2, 0.25) is 5.88 Å². The van der Waals surface area contributed by atoms with Gasteiger partial charge < -0.3 is 19.7 Å². The van der Waals surface area contributed by atoms with Crippen LogP contribution in [0, 0.1) is 5.92 Å². The lowest BCUT2D eigenvalue weighted by molar-refractivity contribution is -0.0450. The molecule has 0 unspecified atom stereocenters. The van der Waals surface area contributed by atoms with Gasteiger partial charge in [-0.15, -0.1) is 0 Å². The maximum absolute atomic E-state index is 6.14. The van der Waals surface area contributed by atoms with Gasteiger partial charge in [-0.2, -0.15) is 0 Å². The van der Waals surface area contributed by atoms with E-state index in [9.17, 15) is 0 Å². The van der Waals surface area contributed by atoms with Crippen molar-refractivity contribution in [1.29, 1.82) is 0 Å². The molecule has 1 N–H and O–H groups in total. The van der Waals surface area contributed by atoms with Gasteiger partial charge in [-0.3, -0.25) is 0 Å². The minimum atomic E-state index is -0.0377. The van der Waals surface area contributed by atoms with E-state index in [4.69, 9.17) is 9.47 Å². The minimum Gasteiger partial charge on any atom is -0.481 e. The second-order valence-electron chi connectivity index (χ2n) is 6.60. The number of nitrogens with one attached hydrogen (secondary N) is 1. The first kappa shape index (κ1) is 16.1. The third-order valence-electron chi connectivity index (χ3n) is 5.14. The predicted molar refractivity (Wildman–Crippen MR) is 94.9 cm³/mol. The molecule has 4 heterocycles. The lowest BCUT2D eigenvalue weighted by atomic mass is 9.79. The number of anilines is 2. The average Bonchev–Trinajstić information content (AvgIpc) is 3.05. The molecule has 7 nitrogen and oxygen atoms in total. The fraction of sp³-hybridized carbons (Fsp3) is 0.500. The lowest BCUT2D eigenvalue weighted by Gasteiger charge is -2.50. The Kier molecular flexibility index (Phi) is 4.40. The predicted octanol–water partition coefficient (Wildman–Crippen LogP) is 1.98. The van der Waals surface area contributed by atoms with Crippen molar-refractivity contribution in [3.05, 3.63) is 36.8 Å². The van der Waals surface area contributed by atoms with Crippen LogP contribution in [0.25, 0.3) is 0 Å². The topological polar surface area (TPSA) is 72.4 Å². The van der Waals surface area contributed by atoms with Gasteiger partial charge in [-0.1, -0.05) is 6.07 Å². The molecule has 1 spiro atoms. The van der Waals surface area contributed by atoms with Gasteiger partial charge in [0.15, 0.2) is 0 Å². The summed E-state index contributed by atoms with van der Waals surface area (Å²) in [6.45, 7) is 3.51. The molecule has 2 aliphatic heterocycles. The molecular formula is C18H23N5O2. The molecular weight excluding hydrogens is 318 g/mol. The molecule has 0 amide bonds. The zero-order valence-electron chi connectivity index (χ0n) is 14.4. The number of methoxy groups -OCH3 is 1. The number of nitrogens with zero attached hydrogens (tertiary/aromatic N) is 4. The summed E-state index contributed by atoms with van der Waals surface area (Å²) in [5.74, 6) is 2.98. The largest absolute Gasteiger partial charge is 0.481 e. The van der Waals surface area contributed by atoms with Crippen LogP contribution in [0.4, 0.5) is 11.6 Å². The highest BCUT2D eigenvalue weighted by Gasteiger charge is 2.53. The van der Waals surface area contributed by atoms with E-state index in [2.05, 4.69) is 25.2 Å². The van der Waals surface area contributed by atoms with Crippen LogP contribution in [0.3, 0.4) is 0 Å². The minimum absolute atomic E-state index is 0.0377. The molecule has 2 aromatic heterocycles. The summed E-state index contributed by atoms with van der Waals surface area (Å²) in [6.07, 6.45) is 5.55. The van der Waals surface area contributed by atoms with E-state index in [1.54, 1.807) is 13.4 Å². The van der Waals surface area contributed by atoms with Crippen molar-refractivity contribution in [2.24, 2.45) is 5.92 Å². The SMILES string of the molecule is COc1cc(N2CC3(C2)OCC[C@H]3CCNc2ccccn2)ncn1. The molecule has 2 fully saturated rings. The van der Waals surface area contributed by atoms with Crippen molar-refractivity contribution in [2.75, 3.05) is 43.6 Å². The summed E-state index contributed by atoms with van der Waals surface area (Å²) in [4.78, 5) is 15.0. The molecule has 2 aromatic rings. The van der Waals surface area contributed by atoms with Crippen LogP contribution >= 0.6 is 0 Å². The number of pyridine rings is 1. The summed E-state index contributed by atoms with van der Waals surface area (Å²) in [6, 6.07) is 7.79. The molecule has 132 valence electrons. The van der Waals surface area contributed by atoms with Gasteiger partial charge >= 0.3 is 0 Å². The first-order chi connectivity index (χ1) is 12.3. The quantitative estimate of drug-likeness (QED) is 0.861. The Labute approximate surface area is 147 Å². The number of rotatable bonds is 6. The van der Waals surface area contributed by atoms with Crippen LogP contribution < -0.4 is 15.0 Å². The summed E-state index contributed by atoms with van der Waals surface area (Å²) in [5, 5.41) is 3.40. The number of hydrogen-bond donors (Lipinski definition) is 1. The number of hydrogen-bond acceptors (Lipinski definition) is 7. The van der Waals surface area contributed by atoms with Crippen molar-refractivity contribution in [1.82, 2.24) is 15.0 Å². The normalized spacial score (nSPS) is 21.2. The molecule has 25 heavy (non-hydrogen) atoms. The second kappa shape index (κ2) is 6.84. The summed E-state index contributed by atoms with van der Waals surface area (Å²) in [5.41, 5.74) is -0.0377. The fourth-order valence-corrected chi connectivity index (χ4v) is 3.76. The monoisotopic (exact) mass is 341 g/mol. The smallest absolute Gasteiger partial charge is 0.218 e. The first-order valence-corrected chi connectivity index (χ1v) is 8.69. The molecule has 0 bridgehead atoms. The van der Waals surface area contributed by atoms with Gasteiger partial charge in [0.25, 0.3) is 0 Å². The van der Waals surface area contributed by atoms with Crippen molar-refractivity contribution < 1.29 is 9.47 Å². The van der Waals surface area contributed by atoms with Crippen LogP contribution in [-0.4, -0.2) is 53.9 Å². The van der Waals surface area contributed by atoms with Crippen molar-refractivity contribution >= 4 is 11.6 Å². The Morgan fingerprint density at radius 1 is 1.32 bits per heavy atom. The van der Waals surface area contributed by atoms with Crippen molar-refractivity contribution in [3.63, 3.8) is 0 Å². The molecule has 0 aromatic carbocycles. The second-order valence-corrected chi connectivity index (χ2v) is 6.60. The molecule has 4 rings (SSSR count). The van der Waals surface area contributed by atoms with E-state index in [0.29, 0.717) is 11.8 Å². The van der Waals surface area contributed by atoms with E-state index in [-0.39, 0.29) is 5.60 Å². The molecule has 2 aliphatic rings. The Balaban J connectivity index is 1.33. The summed E-state index contributed by atoms with van der Waals surface area (Å²) in [7, 11) is 1.62. The maximum Gasteiger partial charge on any atom is 0.218 e. The van der Waals surface area contributed by atoms with Crippen LogP contribution in [-0.2, 0) is 4.74 Å². The molecule has 7 heteroatoms. The van der Waals surface area contributed by atoms with Gasteiger partial charge in [0.05, 0.1) is 20.2 Å². The molecule has 0 radical (unpaired) electrons. The summed E-state index contributed by atoms with van der Waals surface area (Å²) < 4.78 is 11.3. The number of aromatic nitrogens is 3. The first-order valence-electron chi connectivity index (χ1n) is 8.69. The summed E-state index contributed by atoms with van der Waals surface area (Å²) >= 11 is 0.